The number of hydrogen-bond donors (Lipinski definition) is 1. The molecule has 0 aromatic heterocycles. The monoisotopic (exact) mass is 290 g/mol. The fourth-order valence-electron chi connectivity index (χ4n) is 0. The van der Waals surface area contributed by atoms with Crippen LogP contribution in [-0.4, -0.2) is 18.5 Å². The summed E-state index contributed by atoms with van der Waals surface area (Å²) in [7, 11) is -5.84. The van der Waals surface area contributed by atoms with Gasteiger partial charge in [-0.2, -0.15) is 21.6 Å². The third-order valence-corrected chi connectivity index (χ3v) is 0.877. The van der Waals surface area contributed by atoms with E-state index in [2.05, 4.69) is 0 Å². The van der Waals surface area contributed by atoms with Gasteiger partial charge in [-0.25, -0.2) is 0 Å². The molecule has 50 valence electrons. The van der Waals surface area contributed by atoms with Gasteiger partial charge in [0.1, 0.15) is 0 Å². The van der Waals surface area contributed by atoms with Crippen molar-refractivity contribution in [1.82, 2.24) is 0 Å². The Kier molecular flexibility index (Phi) is 4.90. The third-order valence-electron chi connectivity index (χ3n) is 0.292. The van der Waals surface area contributed by atoms with E-state index in [0.29, 0.717) is 0 Å². The molecule has 0 bridgehead atoms. The predicted octanol–water partition coefficient (Wildman–Crippen LogP) is 0.394. The van der Waals surface area contributed by atoms with Crippen LogP contribution in [0.25, 0.3) is 0 Å². The van der Waals surface area contributed by atoms with Crippen LogP contribution in [0.5, 0.6) is 0 Å². The SMILES string of the molecule is O=S(=O)(O)C(F)(F)F.[Ce+4]. The first kappa shape index (κ1) is 12.7. The average molecular weight is 290 g/mol. The number of alkyl halides is 3. The minimum absolute atomic E-state index is 0. The molecular formula is CHCeF3O3S+4. The zero-order chi connectivity index (χ0) is 7.00. The molecule has 0 unspecified atom stereocenters. The van der Waals surface area contributed by atoms with Crippen molar-refractivity contribution in [2.45, 2.75) is 5.51 Å². The average Bonchev–Trinajstić information content (AvgIpc) is 1.25. The second-order valence-corrected chi connectivity index (χ2v) is 2.33. The predicted molar refractivity (Wildman–Crippen MR) is 17.6 cm³/mol. The van der Waals surface area contributed by atoms with Crippen LogP contribution in [0.4, 0.5) is 13.2 Å². The second-order valence-electron chi connectivity index (χ2n) is 0.921. The number of hydrogen-bond acceptors (Lipinski definition) is 2. The molecule has 0 rings (SSSR count). The molecule has 0 atom stereocenters. The van der Waals surface area contributed by atoms with Crippen LogP contribution < -0.4 is 0 Å². The first-order valence-electron chi connectivity index (χ1n) is 1.29. The summed E-state index contributed by atoms with van der Waals surface area (Å²) in [6.07, 6.45) is 0. The maximum absolute atomic E-state index is 10.7. The quantitative estimate of drug-likeness (QED) is 0.519. The molecule has 0 aliphatic rings. The minimum atomic E-state index is -5.84. The van der Waals surface area contributed by atoms with Gasteiger partial charge in [-0.1, -0.05) is 0 Å². The molecular weight excluding hydrogens is 289 g/mol. The van der Waals surface area contributed by atoms with Gasteiger partial charge in [0.25, 0.3) is 0 Å². The smallest absolute Gasteiger partial charge is 0.279 e. The molecule has 0 aliphatic heterocycles. The first-order valence-corrected chi connectivity index (χ1v) is 2.73. The van der Waals surface area contributed by atoms with Crippen molar-refractivity contribution >= 4 is 10.1 Å². The molecule has 8 heteroatoms. The zero-order valence-corrected chi connectivity index (χ0v) is 7.76. The Morgan fingerprint density at radius 1 is 1.22 bits per heavy atom. The van der Waals surface area contributed by atoms with E-state index in [1.165, 1.54) is 0 Å². The van der Waals surface area contributed by atoms with Gasteiger partial charge in [0, 0.05) is 0 Å². The summed E-state index contributed by atoms with van der Waals surface area (Å²) in [4.78, 5) is 0. The molecule has 0 spiro atoms. The summed E-state index contributed by atoms with van der Waals surface area (Å²) in [6.45, 7) is 0. The summed E-state index contributed by atoms with van der Waals surface area (Å²) in [5, 5.41) is 0. The molecule has 0 heterocycles. The van der Waals surface area contributed by atoms with Crippen LogP contribution >= 0.6 is 0 Å². The van der Waals surface area contributed by atoms with Crippen molar-refractivity contribution in [2.75, 3.05) is 0 Å². The van der Waals surface area contributed by atoms with E-state index in [1.54, 1.807) is 0 Å². The summed E-state index contributed by atoms with van der Waals surface area (Å²) in [5.74, 6) is 0. The zero-order valence-electron chi connectivity index (χ0n) is 3.81. The van der Waals surface area contributed by atoms with E-state index in [1.807, 2.05) is 0 Å². The summed E-state index contributed by atoms with van der Waals surface area (Å²) < 4.78 is 57.5. The fourth-order valence-corrected chi connectivity index (χ4v) is 0. The van der Waals surface area contributed by atoms with E-state index in [0.717, 1.165) is 0 Å². The minimum Gasteiger partial charge on any atom is -0.279 e. The van der Waals surface area contributed by atoms with Gasteiger partial charge >= 0.3 is 57.4 Å². The van der Waals surface area contributed by atoms with Gasteiger partial charge < -0.3 is 0 Å². The Labute approximate surface area is 82.7 Å². The largest absolute Gasteiger partial charge is 4.00 e. The van der Waals surface area contributed by atoms with Crippen molar-refractivity contribution < 1.29 is 67.9 Å². The van der Waals surface area contributed by atoms with Crippen molar-refractivity contribution in [3.63, 3.8) is 0 Å². The molecule has 0 aromatic rings. The molecule has 9 heavy (non-hydrogen) atoms. The van der Waals surface area contributed by atoms with Crippen LogP contribution in [0, 0.1) is 41.7 Å². The molecule has 0 radical (unpaired) electrons. The molecule has 1 N–H and O–H groups in total. The van der Waals surface area contributed by atoms with E-state index < -0.39 is 15.6 Å². The van der Waals surface area contributed by atoms with Crippen LogP contribution in [0.2, 0.25) is 0 Å². The van der Waals surface area contributed by atoms with Gasteiger partial charge in [0.15, 0.2) is 0 Å². The fraction of sp³-hybridized carbons (Fsp3) is 1.00. The third kappa shape index (κ3) is 4.48. The standard InChI is InChI=1S/CHF3O3S.Ce/c2-1(3,4)8(5,6)7;/h(H,5,6,7);/q;+4. The molecule has 0 amide bonds. The molecule has 0 saturated carbocycles. The van der Waals surface area contributed by atoms with Crippen molar-refractivity contribution in [2.24, 2.45) is 0 Å². The topological polar surface area (TPSA) is 54.4 Å². The summed E-state index contributed by atoms with van der Waals surface area (Å²) >= 11 is 0. The van der Waals surface area contributed by atoms with Crippen LogP contribution in [0.1, 0.15) is 0 Å². The van der Waals surface area contributed by atoms with Gasteiger partial charge in [-0.05, 0) is 0 Å². The molecule has 0 fully saturated rings. The Morgan fingerprint density at radius 2 is 1.33 bits per heavy atom. The molecule has 0 saturated heterocycles. The Balaban J connectivity index is 0. The van der Waals surface area contributed by atoms with E-state index in [-0.39, 0.29) is 41.7 Å². The van der Waals surface area contributed by atoms with Gasteiger partial charge in [-0.15, -0.1) is 0 Å². The van der Waals surface area contributed by atoms with Crippen molar-refractivity contribution in [3.05, 3.63) is 0 Å². The normalized spacial score (nSPS) is 12.4. The Morgan fingerprint density at radius 3 is 1.33 bits per heavy atom. The van der Waals surface area contributed by atoms with Crippen LogP contribution in [-0.2, 0) is 10.1 Å². The van der Waals surface area contributed by atoms with Crippen LogP contribution in [0.15, 0.2) is 0 Å². The van der Waals surface area contributed by atoms with Crippen molar-refractivity contribution in [1.29, 1.82) is 0 Å². The van der Waals surface area contributed by atoms with Crippen LogP contribution in [0.3, 0.4) is 0 Å². The van der Waals surface area contributed by atoms with Gasteiger partial charge in [0.05, 0.1) is 0 Å². The number of halogens is 3. The summed E-state index contributed by atoms with van der Waals surface area (Å²) in [6, 6.07) is 0. The van der Waals surface area contributed by atoms with Gasteiger partial charge in [0.2, 0.25) is 0 Å². The second kappa shape index (κ2) is 3.46. The van der Waals surface area contributed by atoms with E-state index in [9.17, 15) is 13.2 Å². The maximum Gasteiger partial charge on any atom is 4.00 e. The Hall–Kier alpha value is 1.08. The summed E-state index contributed by atoms with van der Waals surface area (Å²) in [5.41, 5.74) is -5.53. The Bertz CT molecular complexity index is 168. The van der Waals surface area contributed by atoms with Crippen molar-refractivity contribution in [3.8, 4) is 0 Å². The maximum atomic E-state index is 10.7. The molecule has 0 aliphatic carbocycles. The molecule has 0 aromatic carbocycles. The van der Waals surface area contributed by atoms with E-state index >= 15 is 0 Å². The van der Waals surface area contributed by atoms with E-state index in [4.69, 9.17) is 13.0 Å². The molecule has 3 nitrogen and oxygen atoms in total. The number of rotatable bonds is 0. The van der Waals surface area contributed by atoms with Gasteiger partial charge in [-0.3, -0.25) is 4.55 Å². The first-order chi connectivity index (χ1) is 3.25.